The summed E-state index contributed by atoms with van der Waals surface area (Å²) in [5, 5.41) is 5.09. The highest BCUT2D eigenvalue weighted by Crippen LogP contribution is 2.26. The van der Waals surface area contributed by atoms with Gasteiger partial charge in [0, 0.05) is 0 Å². The summed E-state index contributed by atoms with van der Waals surface area (Å²) in [6.45, 7) is 9.39. The van der Waals surface area contributed by atoms with Crippen molar-refractivity contribution in [1.29, 1.82) is 0 Å². The van der Waals surface area contributed by atoms with Gasteiger partial charge in [0.05, 0.1) is 13.2 Å². The Morgan fingerprint density at radius 2 is 1.63 bits per heavy atom. The first-order chi connectivity index (χ1) is 14.5. The fourth-order valence-corrected chi connectivity index (χ4v) is 3.49. The predicted molar refractivity (Wildman–Crippen MR) is 121 cm³/mol. The fourth-order valence-electron chi connectivity index (χ4n) is 3.49. The van der Waals surface area contributed by atoms with E-state index in [0.717, 1.165) is 24.5 Å². The molecule has 1 saturated heterocycles. The molecule has 0 saturated carbocycles. The van der Waals surface area contributed by atoms with Gasteiger partial charge in [-0.1, -0.05) is 81.4 Å². The van der Waals surface area contributed by atoms with Gasteiger partial charge < -0.3 is 4.74 Å². The minimum Gasteiger partial charge on any atom is -0.489 e. The Bertz CT molecular complexity index is 954. The Hall–Kier alpha value is -2.66. The maximum absolute atomic E-state index is 6.06. The second-order valence-electron chi connectivity index (χ2n) is 8.78. The largest absolute Gasteiger partial charge is 0.489 e. The van der Waals surface area contributed by atoms with E-state index in [1.165, 1.54) is 22.3 Å². The molecule has 4 nitrogen and oxygen atoms in total. The van der Waals surface area contributed by atoms with Crippen molar-refractivity contribution in [3.8, 4) is 16.9 Å². The zero-order valence-corrected chi connectivity index (χ0v) is 18.0. The van der Waals surface area contributed by atoms with E-state index in [9.17, 15) is 0 Å². The molecule has 1 fully saturated rings. The molecule has 0 atom stereocenters. The first-order valence-corrected chi connectivity index (χ1v) is 10.5. The monoisotopic (exact) mass is 402 g/mol. The van der Waals surface area contributed by atoms with Crippen molar-refractivity contribution in [2.75, 3.05) is 13.4 Å². The van der Waals surface area contributed by atoms with E-state index in [1.807, 2.05) is 17.2 Å². The van der Waals surface area contributed by atoms with Gasteiger partial charge in [-0.15, -0.1) is 0 Å². The van der Waals surface area contributed by atoms with Crippen LogP contribution in [0.25, 0.3) is 11.1 Å². The first kappa shape index (κ1) is 20.6. The molecular weight excluding hydrogens is 372 g/mol. The quantitative estimate of drug-likeness (QED) is 0.592. The van der Waals surface area contributed by atoms with Crippen molar-refractivity contribution in [2.45, 2.75) is 39.3 Å². The van der Waals surface area contributed by atoms with E-state index in [2.05, 4.69) is 86.8 Å². The van der Waals surface area contributed by atoms with Crippen LogP contribution in [0.4, 0.5) is 0 Å². The molecule has 4 rings (SSSR count). The van der Waals surface area contributed by atoms with Crippen LogP contribution in [0.5, 0.6) is 5.75 Å². The molecule has 0 radical (unpaired) electrons. The van der Waals surface area contributed by atoms with Gasteiger partial charge in [-0.2, -0.15) is 5.06 Å². The van der Waals surface area contributed by atoms with Crippen molar-refractivity contribution in [3.63, 3.8) is 0 Å². The zero-order valence-electron chi connectivity index (χ0n) is 18.0. The number of hydroxylamine groups is 2. The van der Waals surface area contributed by atoms with Crippen LogP contribution in [0.1, 0.15) is 37.5 Å². The minimum atomic E-state index is 0.168. The number of nitrogens with one attached hydrogen (secondary N) is 1. The summed E-state index contributed by atoms with van der Waals surface area (Å²) in [5.41, 5.74) is 6.25. The Morgan fingerprint density at radius 1 is 0.900 bits per heavy atom. The molecule has 3 aromatic carbocycles. The van der Waals surface area contributed by atoms with Gasteiger partial charge in [0.25, 0.3) is 0 Å². The molecule has 3 aromatic rings. The molecule has 0 spiro atoms. The molecule has 1 N–H and O–H groups in total. The smallest absolute Gasteiger partial charge is 0.120 e. The standard InChI is InChI=1S/C26H30N2O2/c1-26(2,3)24-13-9-21(10-14-24)17-29-25-6-4-5-23(15-25)22-11-7-20(8-12-22)16-28-18-27-19-30-28/h4-15,27H,16-19H2,1-3H3. The lowest BCUT2D eigenvalue weighted by atomic mass is 9.87. The van der Waals surface area contributed by atoms with Crippen LogP contribution in [0, 0.1) is 0 Å². The second kappa shape index (κ2) is 9.00. The van der Waals surface area contributed by atoms with Gasteiger partial charge in [-0.05, 0) is 45.4 Å². The van der Waals surface area contributed by atoms with Crippen LogP contribution in [0.2, 0.25) is 0 Å². The topological polar surface area (TPSA) is 33.7 Å². The molecule has 156 valence electrons. The SMILES string of the molecule is CC(C)(C)c1ccc(COc2cccc(-c3ccc(CN4CNCO4)cc3)c2)cc1. The third-order valence-electron chi connectivity index (χ3n) is 5.34. The summed E-state index contributed by atoms with van der Waals surface area (Å²) in [7, 11) is 0. The van der Waals surface area contributed by atoms with Gasteiger partial charge in [0.15, 0.2) is 0 Å². The summed E-state index contributed by atoms with van der Waals surface area (Å²) in [5.74, 6) is 0.882. The number of ether oxygens (including phenoxy) is 1. The molecule has 30 heavy (non-hydrogen) atoms. The molecule has 0 bridgehead atoms. The molecule has 0 amide bonds. The fraction of sp³-hybridized carbons (Fsp3) is 0.308. The maximum atomic E-state index is 6.06. The van der Waals surface area contributed by atoms with E-state index in [4.69, 9.17) is 9.57 Å². The van der Waals surface area contributed by atoms with E-state index in [1.54, 1.807) is 0 Å². The summed E-state index contributed by atoms with van der Waals surface area (Å²) < 4.78 is 6.06. The van der Waals surface area contributed by atoms with Crippen molar-refractivity contribution in [2.24, 2.45) is 0 Å². The average molecular weight is 403 g/mol. The Balaban J connectivity index is 1.38. The van der Waals surface area contributed by atoms with Gasteiger partial charge in [0.1, 0.15) is 19.1 Å². The molecule has 1 heterocycles. The van der Waals surface area contributed by atoms with Crippen LogP contribution in [-0.4, -0.2) is 18.5 Å². The minimum absolute atomic E-state index is 0.168. The number of rotatable bonds is 6. The third-order valence-corrected chi connectivity index (χ3v) is 5.34. The van der Waals surface area contributed by atoms with Gasteiger partial charge in [-0.25, -0.2) is 0 Å². The second-order valence-corrected chi connectivity index (χ2v) is 8.78. The maximum Gasteiger partial charge on any atom is 0.120 e. The third kappa shape index (κ3) is 5.28. The summed E-state index contributed by atoms with van der Waals surface area (Å²) in [6.07, 6.45) is 0. The van der Waals surface area contributed by atoms with Crippen molar-refractivity contribution < 1.29 is 9.57 Å². The van der Waals surface area contributed by atoms with E-state index >= 15 is 0 Å². The molecular formula is C26H30N2O2. The highest BCUT2D eigenvalue weighted by molar-refractivity contribution is 5.65. The average Bonchev–Trinajstić information content (AvgIpc) is 3.26. The lowest BCUT2D eigenvalue weighted by Gasteiger charge is -2.19. The van der Waals surface area contributed by atoms with E-state index in [0.29, 0.717) is 13.3 Å². The van der Waals surface area contributed by atoms with Gasteiger partial charge >= 0.3 is 0 Å². The Morgan fingerprint density at radius 3 is 2.30 bits per heavy atom. The predicted octanol–water partition coefficient (Wildman–Crippen LogP) is 5.48. The number of hydrogen-bond acceptors (Lipinski definition) is 4. The van der Waals surface area contributed by atoms with E-state index in [-0.39, 0.29) is 5.41 Å². The Labute approximate surface area is 179 Å². The van der Waals surface area contributed by atoms with Crippen LogP contribution >= 0.6 is 0 Å². The molecule has 4 heteroatoms. The lowest BCUT2D eigenvalue weighted by Crippen LogP contribution is -2.20. The van der Waals surface area contributed by atoms with Crippen molar-refractivity contribution in [3.05, 3.63) is 89.5 Å². The highest BCUT2D eigenvalue weighted by Gasteiger charge is 2.13. The lowest BCUT2D eigenvalue weighted by molar-refractivity contribution is -0.117. The first-order valence-electron chi connectivity index (χ1n) is 10.5. The number of benzene rings is 3. The summed E-state index contributed by atoms with van der Waals surface area (Å²) in [6, 6.07) is 25.6. The van der Waals surface area contributed by atoms with Crippen molar-refractivity contribution >= 4 is 0 Å². The normalized spacial score (nSPS) is 14.8. The summed E-state index contributed by atoms with van der Waals surface area (Å²) >= 11 is 0. The van der Waals surface area contributed by atoms with Gasteiger partial charge in [0.2, 0.25) is 0 Å². The summed E-state index contributed by atoms with van der Waals surface area (Å²) in [4.78, 5) is 5.48. The molecule has 1 aliphatic rings. The van der Waals surface area contributed by atoms with Crippen LogP contribution in [-0.2, 0) is 23.4 Å². The highest BCUT2D eigenvalue weighted by atomic mass is 16.7. The van der Waals surface area contributed by atoms with Crippen molar-refractivity contribution in [1.82, 2.24) is 10.4 Å². The van der Waals surface area contributed by atoms with Crippen LogP contribution in [0.3, 0.4) is 0 Å². The molecule has 0 aliphatic carbocycles. The molecule has 1 aliphatic heterocycles. The van der Waals surface area contributed by atoms with Crippen LogP contribution in [0.15, 0.2) is 72.8 Å². The number of hydrogen-bond donors (Lipinski definition) is 1. The van der Waals surface area contributed by atoms with Gasteiger partial charge in [-0.3, -0.25) is 10.2 Å². The zero-order chi connectivity index (χ0) is 21.0. The number of nitrogens with zero attached hydrogens (tertiary/aromatic N) is 1. The van der Waals surface area contributed by atoms with Crippen LogP contribution < -0.4 is 10.1 Å². The molecule has 0 unspecified atom stereocenters. The molecule has 0 aromatic heterocycles. The van der Waals surface area contributed by atoms with E-state index < -0.39 is 0 Å². The Kier molecular flexibility index (Phi) is 6.18.